The molecule has 7 heteroatoms. The van der Waals surface area contributed by atoms with Crippen LogP contribution >= 0.6 is 0 Å². The van der Waals surface area contributed by atoms with Crippen LogP contribution in [-0.2, 0) is 6.42 Å². The Bertz CT molecular complexity index is 961. The molecule has 7 nitrogen and oxygen atoms in total. The molecule has 3 aromatic heterocycles. The van der Waals surface area contributed by atoms with Crippen molar-refractivity contribution >= 4 is 11.5 Å². The third-order valence-electron chi connectivity index (χ3n) is 5.21. The summed E-state index contributed by atoms with van der Waals surface area (Å²) < 4.78 is 7.57. The Morgan fingerprint density at radius 3 is 2.68 bits per heavy atom. The lowest BCUT2D eigenvalue weighted by molar-refractivity contribution is 0.279. The number of fused-ring (bicyclic) bond motifs is 1. The molecule has 1 saturated heterocycles. The van der Waals surface area contributed by atoms with Gasteiger partial charge in [0.15, 0.2) is 5.65 Å². The lowest BCUT2D eigenvalue weighted by atomic mass is 10.1. The first-order valence-electron chi connectivity index (χ1n) is 10.2. The molecule has 1 fully saturated rings. The normalized spacial score (nSPS) is 14.2. The number of unbranched alkanes of at least 4 members (excludes halogenated alkanes) is 1. The third kappa shape index (κ3) is 3.79. The van der Waals surface area contributed by atoms with Crippen molar-refractivity contribution in [2.75, 3.05) is 24.6 Å². The average molecular weight is 380 g/mol. The van der Waals surface area contributed by atoms with E-state index in [4.69, 9.17) is 9.72 Å². The zero-order chi connectivity index (χ0) is 19.5. The van der Waals surface area contributed by atoms with Crippen molar-refractivity contribution in [3.8, 4) is 6.01 Å². The Morgan fingerprint density at radius 2 is 1.93 bits per heavy atom. The molecule has 4 rings (SSSR count). The van der Waals surface area contributed by atoms with E-state index < -0.39 is 0 Å². The standard InChI is InChI=1S/C21H28N6O/c1-4-5-10-28-21-24-16(3)20-23-14-18(27(20)25-21)12-17-11-15(2)19(22-13-17)26-8-6-7-9-26/h11,13-14H,4-10,12H2,1-3H3. The van der Waals surface area contributed by atoms with Crippen molar-refractivity contribution in [3.05, 3.63) is 41.0 Å². The fourth-order valence-electron chi connectivity index (χ4n) is 3.72. The number of aromatic nitrogens is 5. The first-order chi connectivity index (χ1) is 13.7. The Hall–Kier alpha value is -2.70. The number of hydrogen-bond donors (Lipinski definition) is 0. The molecule has 3 aromatic rings. The highest BCUT2D eigenvalue weighted by atomic mass is 16.5. The Kier molecular flexibility index (Phi) is 5.41. The Morgan fingerprint density at radius 1 is 1.11 bits per heavy atom. The van der Waals surface area contributed by atoms with E-state index in [0.717, 1.165) is 60.8 Å². The minimum absolute atomic E-state index is 0.413. The number of anilines is 1. The number of imidazole rings is 1. The van der Waals surface area contributed by atoms with Gasteiger partial charge in [0, 0.05) is 25.7 Å². The van der Waals surface area contributed by atoms with Crippen molar-refractivity contribution < 1.29 is 4.74 Å². The third-order valence-corrected chi connectivity index (χ3v) is 5.21. The first-order valence-corrected chi connectivity index (χ1v) is 10.2. The number of aryl methyl sites for hydroxylation is 2. The van der Waals surface area contributed by atoms with Crippen LogP contribution in [0.3, 0.4) is 0 Å². The highest BCUT2D eigenvalue weighted by molar-refractivity contribution is 5.49. The maximum atomic E-state index is 5.71. The van der Waals surface area contributed by atoms with Gasteiger partial charge >= 0.3 is 6.01 Å². The zero-order valence-corrected chi connectivity index (χ0v) is 17.0. The van der Waals surface area contributed by atoms with Gasteiger partial charge in [0.2, 0.25) is 0 Å². The quantitative estimate of drug-likeness (QED) is 0.584. The van der Waals surface area contributed by atoms with Gasteiger partial charge < -0.3 is 9.64 Å². The lowest BCUT2D eigenvalue weighted by Crippen LogP contribution is -2.20. The fourth-order valence-corrected chi connectivity index (χ4v) is 3.72. The van der Waals surface area contributed by atoms with Crippen LogP contribution in [0.25, 0.3) is 5.65 Å². The van der Waals surface area contributed by atoms with Gasteiger partial charge in [-0.25, -0.2) is 14.5 Å². The molecule has 0 radical (unpaired) electrons. The van der Waals surface area contributed by atoms with Crippen LogP contribution in [0.4, 0.5) is 5.82 Å². The molecule has 0 saturated carbocycles. The monoisotopic (exact) mass is 380 g/mol. The molecule has 0 bridgehead atoms. The molecule has 148 valence electrons. The summed E-state index contributed by atoms with van der Waals surface area (Å²) in [6.07, 6.45) is 9.16. The van der Waals surface area contributed by atoms with Gasteiger partial charge in [-0.15, -0.1) is 5.10 Å². The second-order valence-electron chi connectivity index (χ2n) is 7.52. The molecule has 28 heavy (non-hydrogen) atoms. The molecule has 0 unspecified atom stereocenters. The molecule has 0 aromatic carbocycles. The van der Waals surface area contributed by atoms with Gasteiger partial charge in [-0.3, -0.25) is 0 Å². The van der Waals surface area contributed by atoms with Crippen LogP contribution in [0.2, 0.25) is 0 Å². The Labute approximate surface area is 165 Å². The van der Waals surface area contributed by atoms with Gasteiger partial charge in [-0.05, 0) is 44.2 Å². The maximum Gasteiger partial charge on any atom is 0.334 e. The number of pyridine rings is 1. The van der Waals surface area contributed by atoms with Crippen LogP contribution in [0.1, 0.15) is 55.1 Å². The van der Waals surface area contributed by atoms with Gasteiger partial charge in [-0.1, -0.05) is 19.4 Å². The summed E-state index contributed by atoms with van der Waals surface area (Å²) in [6.45, 7) is 9.07. The lowest BCUT2D eigenvalue weighted by Gasteiger charge is -2.19. The molecule has 4 heterocycles. The number of ether oxygens (including phenoxy) is 1. The minimum atomic E-state index is 0.413. The number of nitrogens with zero attached hydrogens (tertiary/aromatic N) is 6. The second-order valence-corrected chi connectivity index (χ2v) is 7.52. The molecule has 0 atom stereocenters. The predicted molar refractivity (Wildman–Crippen MR) is 109 cm³/mol. The van der Waals surface area contributed by atoms with Crippen molar-refractivity contribution in [3.63, 3.8) is 0 Å². The summed E-state index contributed by atoms with van der Waals surface area (Å²) in [5.74, 6) is 1.11. The smallest absolute Gasteiger partial charge is 0.334 e. The summed E-state index contributed by atoms with van der Waals surface area (Å²) in [6, 6.07) is 2.64. The molecule has 0 spiro atoms. The van der Waals surface area contributed by atoms with E-state index in [-0.39, 0.29) is 0 Å². The van der Waals surface area contributed by atoms with E-state index >= 15 is 0 Å². The van der Waals surface area contributed by atoms with E-state index in [1.54, 1.807) is 0 Å². The van der Waals surface area contributed by atoms with E-state index in [0.29, 0.717) is 12.6 Å². The molecule has 1 aliphatic heterocycles. The van der Waals surface area contributed by atoms with Crippen molar-refractivity contribution in [2.24, 2.45) is 0 Å². The zero-order valence-electron chi connectivity index (χ0n) is 17.0. The topological polar surface area (TPSA) is 68.4 Å². The van der Waals surface area contributed by atoms with E-state index in [2.05, 4.69) is 39.9 Å². The molecular formula is C21H28N6O. The maximum absolute atomic E-state index is 5.71. The largest absolute Gasteiger partial charge is 0.462 e. The van der Waals surface area contributed by atoms with Crippen LogP contribution < -0.4 is 9.64 Å². The summed E-state index contributed by atoms with van der Waals surface area (Å²) in [4.78, 5) is 16.1. The Balaban J connectivity index is 1.58. The van der Waals surface area contributed by atoms with Gasteiger partial charge in [0.1, 0.15) is 5.82 Å². The van der Waals surface area contributed by atoms with Crippen LogP contribution in [0.15, 0.2) is 18.5 Å². The van der Waals surface area contributed by atoms with Gasteiger partial charge in [0.25, 0.3) is 0 Å². The molecular weight excluding hydrogens is 352 g/mol. The van der Waals surface area contributed by atoms with E-state index in [1.165, 1.54) is 18.4 Å². The number of rotatable bonds is 7. The summed E-state index contributed by atoms with van der Waals surface area (Å²) in [5.41, 5.74) is 4.99. The first kappa shape index (κ1) is 18.7. The van der Waals surface area contributed by atoms with Gasteiger partial charge in [0.05, 0.1) is 24.2 Å². The molecule has 1 aliphatic rings. The second kappa shape index (κ2) is 8.12. The van der Waals surface area contributed by atoms with E-state index in [9.17, 15) is 0 Å². The number of hydrogen-bond acceptors (Lipinski definition) is 6. The SMILES string of the molecule is CCCCOc1nc(C)c2ncc(Cc3cnc(N4CCCC4)c(C)c3)n2n1. The molecule has 0 N–H and O–H groups in total. The van der Waals surface area contributed by atoms with E-state index in [1.807, 2.05) is 23.8 Å². The highest BCUT2D eigenvalue weighted by Gasteiger charge is 2.17. The molecule has 0 amide bonds. The average Bonchev–Trinajstić information content (AvgIpc) is 3.33. The van der Waals surface area contributed by atoms with Crippen LogP contribution in [0, 0.1) is 13.8 Å². The fraction of sp³-hybridized carbons (Fsp3) is 0.524. The minimum Gasteiger partial charge on any atom is -0.462 e. The highest BCUT2D eigenvalue weighted by Crippen LogP contribution is 2.23. The molecule has 0 aliphatic carbocycles. The van der Waals surface area contributed by atoms with Crippen LogP contribution in [-0.4, -0.2) is 44.3 Å². The van der Waals surface area contributed by atoms with Crippen molar-refractivity contribution in [2.45, 2.75) is 52.9 Å². The summed E-state index contributed by atoms with van der Waals surface area (Å²) >= 11 is 0. The predicted octanol–water partition coefficient (Wildman–Crippen LogP) is 3.51. The van der Waals surface area contributed by atoms with Crippen molar-refractivity contribution in [1.29, 1.82) is 0 Å². The summed E-state index contributed by atoms with van der Waals surface area (Å²) in [7, 11) is 0. The van der Waals surface area contributed by atoms with Crippen molar-refractivity contribution in [1.82, 2.24) is 24.6 Å². The van der Waals surface area contributed by atoms with Crippen LogP contribution in [0.5, 0.6) is 6.01 Å². The van der Waals surface area contributed by atoms with Gasteiger partial charge in [-0.2, -0.15) is 4.98 Å². The summed E-state index contributed by atoms with van der Waals surface area (Å²) in [5, 5.41) is 4.56.